The molecule has 1 N–H and O–H groups in total. The van der Waals surface area contributed by atoms with Gasteiger partial charge in [-0.25, -0.2) is 9.49 Å². The molecule has 0 unspecified atom stereocenters. The van der Waals surface area contributed by atoms with Gasteiger partial charge in [-0.05, 0) is 18.6 Å². The zero-order valence-corrected chi connectivity index (χ0v) is 10.1. The van der Waals surface area contributed by atoms with Crippen molar-refractivity contribution in [3.63, 3.8) is 0 Å². The maximum atomic E-state index is 13.6. The van der Waals surface area contributed by atoms with Crippen molar-refractivity contribution in [3.8, 4) is 0 Å². The van der Waals surface area contributed by atoms with E-state index < -0.39 is 0 Å². The van der Waals surface area contributed by atoms with Gasteiger partial charge in [0.05, 0.1) is 5.69 Å². The Labute approximate surface area is 107 Å². The monoisotopic (exact) mass is 259 g/mol. The molecule has 96 valence electrons. The molecule has 3 rings (SSSR count). The fourth-order valence-electron chi connectivity index (χ4n) is 2.00. The van der Waals surface area contributed by atoms with Gasteiger partial charge in [-0.1, -0.05) is 23.4 Å². The van der Waals surface area contributed by atoms with Gasteiger partial charge in [-0.3, -0.25) is 4.79 Å². The molecule has 1 aromatic carbocycles. The summed E-state index contributed by atoms with van der Waals surface area (Å²) in [6, 6.07) is 6.40. The minimum Gasteiger partial charge on any atom is -0.354 e. The Morgan fingerprint density at radius 1 is 1.37 bits per heavy atom. The minimum atomic E-state index is -0.356. The number of benzene rings is 1. The smallest absolute Gasteiger partial charge is 0.277 e. The normalized spacial score (nSPS) is 11.1. The Balaban J connectivity index is 2.15. The summed E-state index contributed by atoms with van der Waals surface area (Å²) < 4.78 is 18.7. The number of nitrogens with one attached hydrogen (secondary N) is 1. The molecule has 0 fully saturated rings. The summed E-state index contributed by atoms with van der Waals surface area (Å²) in [5, 5.41) is 10.4. The van der Waals surface area contributed by atoms with Crippen LogP contribution < -0.4 is 5.56 Å². The first kappa shape index (κ1) is 11.6. The van der Waals surface area contributed by atoms with Gasteiger partial charge in [0, 0.05) is 6.42 Å². The highest BCUT2D eigenvalue weighted by Crippen LogP contribution is 2.19. The Morgan fingerprint density at radius 2 is 2.16 bits per heavy atom. The van der Waals surface area contributed by atoms with E-state index in [1.54, 1.807) is 25.1 Å². The highest BCUT2D eigenvalue weighted by molar-refractivity contribution is 5.79. The van der Waals surface area contributed by atoms with Gasteiger partial charge in [0.1, 0.15) is 16.9 Å². The molecule has 0 saturated heterocycles. The van der Waals surface area contributed by atoms with Crippen LogP contribution >= 0.6 is 0 Å². The number of halogens is 1. The average Bonchev–Trinajstić information content (AvgIpc) is 2.79. The van der Waals surface area contributed by atoms with Gasteiger partial charge in [0.2, 0.25) is 0 Å². The molecule has 19 heavy (non-hydrogen) atoms. The molecule has 3 aromatic rings. The number of aromatic nitrogens is 3. The number of fused-ring (bicyclic) bond motifs is 1. The van der Waals surface area contributed by atoms with Crippen LogP contribution in [0.5, 0.6) is 0 Å². The molecule has 0 bridgehead atoms. The van der Waals surface area contributed by atoms with Crippen LogP contribution in [0.15, 0.2) is 33.6 Å². The molecule has 2 heterocycles. The molecule has 0 aliphatic heterocycles. The Hall–Kier alpha value is -2.50. The van der Waals surface area contributed by atoms with Crippen molar-refractivity contribution in [1.82, 2.24) is 15.4 Å². The SMILES string of the molecule is Cc1noc2c(Cc3ccccc3F)n[nH]c(=O)c12. The summed E-state index contributed by atoms with van der Waals surface area (Å²) in [6.07, 6.45) is 0.231. The number of aromatic amines is 1. The van der Waals surface area contributed by atoms with Gasteiger partial charge >= 0.3 is 0 Å². The van der Waals surface area contributed by atoms with Crippen molar-refractivity contribution < 1.29 is 8.91 Å². The van der Waals surface area contributed by atoms with Crippen molar-refractivity contribution in [2.45, 2.75) is 13.3 Å². The number of H-pyrrole nitrogens is 1. The summed E-state index contributed by atoms with van der Waals surface area (Å²) in [4.78, 5) is 11.6. The molecule has 0 saturated carbocycles. The number of nitrogens with zero attached hydrogens (tertiary/aromatic N) is 2. The topological polar surface area (TPSA) is 71.8 Å². The first-order chi connectivity index (χ1) is 9.16. The van der Waals surface area contributed by atoms with Crippen LogP contribution in [0.3, 0.4) is 0 Å². The zero-order chi connectivity index (χ0) is 13.4. The van der Waals surface area contributed by atoms with Gasteiger partial charge in [-0.15, -0.1) is 0 Å². The molecule has 0 aliphatic rings. The molecule has 6 heteroatoms. The molecule has 5 nitrogen and oxygen atoms in total. The second kappa shape index (κ2) is 4.31. The van der Waals surface area contributed by atoms with E-state index in [2.05, 4.69) is 15.4 Å². The summed E-state index contributed by atoms with van der Waals surface area (Å²) >= 11 is 0. The van der Waals surface area contributed by atoms with E-state index in [1.165, 1.54) is 6.07 Å². The lowest BCUT2D eigenvalue weighted by atomic mass is 10.1. The number of rotatable bonds is 2. The summed E-state index contributed by atoms with van der Waals surface area (Å²) in [7, 11) is 0. The number of hydrogen-bond donors (Lipinski definition) is 1. The molecule has 0 spiro atoms. The van der Waals surface area contributed by atoms with Crippen molar-refractivity contribution >= 4 is 11.0 Å². The fourth-order valence-corrected chi connectivity index (χ4v) is 2.00. The van der Waals surface area contributed by atoms with E-state index in [0.717, 1.165) is 0 Å². The van der Waals surface area contributed by atoms with Crippen LogP contribution in [-0.2, 0) is 6.42 Å². The van der Waals surface area contributed by atoms with E-state index >= 15 is 0 Å². The van der Waals surface area contributed by atoms with E-state index in [1.807, 2.05) is 0 Å². The van der Waals surface area contributed by atoms with Crippen LogP contribution in [0.2, 0.25) is 0 Å². The number of aryl methyl sites for hydroxylation is 1. The molecular weight excluding hydrogens is 249 g/mol. The number of hydrogen-bond acceptors (Lipinski definition) is 4. The lowest BCUT2D eigenvalue weighted by molar-refractivity contribution is 0.446. The maximum Gasteiger partial charge on any atom is 0.277 e. The highest BCUT2D eigenvalue weighted by atomic mass is 19.1. The third-order valence-electron chi connectivity index (χ3n) is 2.96. The predicted molar refractivity (Wildman–Crippen MR) is 66.4 cm³/mol. The average molecular weight is 259 g/mol. The van der Waals surface area contributed by atoms with Crippen LogP contribution in [0.4, 0.5) is 4.39 Å². The Bertz CT molecular complexity index is 807. The van der Waals surface area contributed by atoms with Gasteiger partial charge in [0.15, 0.2) is 5.58 Å². The first-order valence-electron chi connectivity index (χ1n) is 5.74. The van der Waals surface area contributed by atoms with Crippen LogP contribution in [0, 0.1) is 12.7 Å². The molecule has 0 atom stereocenters. The minimum absolute atomic E-state index is 0.231. The van der Waals surface area contributed by atoms with Crippen molar-refractivity contribution in [2.75, 3.05) is 0 Å². The fraction of sp³-hybridized carbons (Fsp3) is 0.154. The third kappa shape index (κ3) is 1.91. The third-order valence-corrected chi connectivity index (χ3v) is 2.96. The second-order valence-electron chi connectivity index (χ2n) is 4.24. The van der Waals surface area contributed by atoms with Crippen LogP contribution in [0.1, 0.15) is 17.0 Å². The maximum absolute atomic E-state index is 13.6. The molecule has 0 amide bonds. The van der Waals surface area contributed by atoms with E-state index in [9.17, 15) is 9.18 Å². The Morgan fingerprint density at radius 3 is 2.95 bits per heavy atom. The molecule has 0 radical (unpaired) electrons. The van der Waals surface area contributed by atoms with Crippen molar-refractivity contribution in [3.05, 3.63) is 57.4 Å². The molecule has 0 aliphatic carbocycles. The second-order valence-corrected chi connectivity index (χ2v) is 4.24. The van der Waals surface area contributed by atoms with E-state index in [4.69, 9.17) is 4.52 Å². The van der Waals surface area contributed by atoms with Crippen molar-refractivity contribution in [1.29, 1.82) is 0 Å². The molecule has 2 aromatic heterocycles. The summed E-state index contributed by atoms with van der Waals surface area (Å²) in [5.74, 6) is -0.320. The van der Waals surface area contributed by atoms with Gasteiger partial charge < -0.3 is 4.52 Å². The largest absolute Gasteiger partial charge is 0.354 e. The first-order valence-corrected chi connectivity index (χ1v) is 5.74. The molecular formula is C13H10FN3O2. The van der Waals surface area contributed by atoms with Crippen LogP contribution in [0.25, 0.3) is 11.0 Å². The summed E-state index contributed by atoms with van der Waals surface area (Å²) in [6.45, 7) is 1.67. The zero-order valence-electron chi connectivity index (χ0n) is 10.1. The lowest BCUT2D eigenvalue weighted by Crippen LogP contribution is -2.11. The standard InChI is InChI=1S/C13H10FN3O2/c1-7-11-12(19-17-7)10(15-16-13(11)18)6-8-4-2-3-5-9(8)14/h2-5H,6H2,1H3,(H,16,18). The highest BCUT2D eigenvalue weighted by Gasteiger charge is 2.15. The van der Waals surface area contributed by atoms with Crippen LogP contribution in [-0.4, -0.2) is 15.4 Å². The van der Waals surface area contributed by atoms with Gasteiger partial charge in [0.25, 0.3) is 5.56 Å². The summed E-state index contributed by atoms with van der Waals surface area (Å²) in [5.41, 5.74) is 1.39. The quantitative estimate of drug-likeness (QED) is 0.763. The van der Waals surface area contributed by atoms with Gasteiger partial charge in [-0.2, -0.15) is 5.10 Å². The van der Waals surface area contributed by atoms with E-state index in [-0.39, 0.29) is 17.8 Å². The van der Waals surface area contributed by atoms with Crippen molar-refractivity contribution in [2.24, 2.45) is 0 Å². The van der Waals surface area contributed by atoms with E-state index in [0.29, 0.717) is 27.9 Å². The predicted octanol–water partition coefficient (Wildman–Crippen LogP) is 1.95. The lowest BCUT2D eigenvalue weighted by Gasteiger charge is -2.02. The Kier molecular flexibility index (Phi) is 2.63.